The van der Waals surface area contributed by atoms with Gasteiger partial charge in [0.05, 0.1) is 7.11 Å². The maximum Gasteiger partial charge on any atom is 0.160 e. The number of hydrogen-bond donors (Lipinski definition) is 1. The Morgan fingerprint density at radius 3 is 2.70 bits per heavy atom. The third-order valence-electron chi connectivity index (χ3n) is 4.31. The van der Waals surface area contributed by atoms with Gasteiger partial charge in [-0.2, -0.15) is 0 Å². The minimum Gasteiger partial charge on any atom is -0.504 e. The molecule has 2 rings (SSSR count). The van der Waals surface area contributed by atoms with Crippen molar-refractivity contribution in [1.82, 2.24) is 9.80 Å². The van der Waals surface area contributed by atoms with Crippen LogP contribution in [0.3, 0.4) is 0 Å². The maximum atomic E-state index is 9.66. The van der Waals surface area contributed by atoms with E-state index in [1.165, 1.54) is 31.5 Å². The molecule has 1 aliphatic heterocycles. The molecule has 4 nitrogen and oxygen atoms in total. The lowest BCUT2D eigenvalue weighted by atomic mass is 10.1. The molecule has 1 atom stereocenters. The predicted octanol–water partition coefficient (Wildman–Crippen LogP) is 2.49. The normalized spacial score (nSPS) is 17.6. The van der Waals surface area contributed by atoms with Crippen molar-refractivity contribution < 1.29 is 9.84 Å². The van der Waals surface area contributed by atoms with Crippen molar-refractivity contribution >= 4 is 0 Å². The van der Waals surface area contributed by atoms with Crippen molar-refractivity contribution in [2.75, 3.05) is 40.3 Å². The van der Waals surface area contributed by atoms with Crippen LogP contribution in [-0.2, 0) is 0 Å². The first-order valence-electron chi connectivity index (χ1n) is 7.41. The number of phenols is 1. The van der Waals surface area contributed by atoms with E-state index >= 15 is 0 Å². The molecule has 0 radical (unpaired) electrons. The maximum absolute atomic E-state index is 9.66. The van der Waals surface area contributed by atoms with E-state index in [4.69, 9.17) is 4.74 Å². The monoisotopic (exact) mass is 278 g/mol. The fourth-order valence-electron chi connectivity index (χ4n) is 2.71. The van der Waals surface area contributed by atoms with Gasteiger partial charge in [0.25, 0.3) is 0 Å². The van der Waals surface area contributed by atoms with Crippen molar-refractivity contribution in [3.8, 4) is 11.5 Å². The molecule has 0 spiro atoms. The van der Waals surface area contributed by atoms with E-state index in [1.54, 1.807) is 13.2 Å². The Morgan fingerprint density at radius 1 is 1.35 bits per heavy atom. The molecule has 1 heterocycles. The zero-order valence-electron chi connectivity index (χ0n) is 12.8. The van der Waals surface area contributed by atoms with Crippen LogP contribution in [0.15, 0.2) is 18.2 Å². The van der Waals surface area contributed by atoms with Crippen LogP contribution in [0.1, 0.15) is 31.4 Å². The molecule has 112 valence electrons. The largest absolute Gasteiger partial charge is 0.504 e. The van der Waals surface area contributed by atoms with Crippen LogP contribution in [0.5, 0.6) is 11.5 Å². The second kappa shape index (κ2) is 6.95. The van der Waals surface area contributed by atoms with Crippen molar-refractivity contribution in [2.45, 2.75) is 25.8 Å². The highest BCUT2D eigenvalue weighted by atomic mass is 16.5. The molecule has 0 saturated carbocycles. The number of ether oxygens (including phenoxy) is 1. The first kappa shape index (κ1) is 15.1. The summed E-state index contributed by atoms with van der Waals surface area (Å²) in [4.78, 5) is 4.88. The summed E-state index contributed by atoms with van der Waals surface area (Å²) in [5, 5.41) is 9.66. The second-order valence-electron chi connectivity index (χ2n) is 5.64. The van der Waals surface area contributed by atoms with Crippen LogP contribution >= 0.6 is 0 Å². The molecule has 1 fully saturated rings. The quantitative estimate of drug-likeness (QED) is 0.867. The van der Waals surface area contributed by atoms with Gasteiger partial charge in [0.1, 0.15) is 0 Å². The number of nitrogens with zero attached hydrogens (tertiary/aromatic N) is 2. The van der Waals surface area contributed by atoms with Crippen LogP contribution in [0, 0.1) is 0 Å². The Kier molecular flexibility index (Phi) is 5.26. The number of likely N-dealkylation sites (tertiary alicyclic amines) is 1. The summed E-state index contributed by atoms with van der Waals surface area (Å²) in [6, 6.07) is 5.91. The number of rotatable bonds is 6. The van der Waals surface area contributed by atoms with Gasteiger partial charge in [0.15, 0.2) is 11.5 Å². The van der Waals surface area contributed by atoms with Gasteiger partial charge >= 0.3 is 0 Å². The Balaban J connectivity index is 1.93. The molecule has 0 bridgehead atoms. The van der Waals surface area contributed by atoms with Crippen LogP contribution in [0.25, 0.3) is 0 Å². The van der Waals surface area contributed by atoms with Crippen molar-refractivity contribution in [2.24, 2.45) is 0 Å². The first-order chi connectivity index (χ1) is 9.61. The lowest BCUT2D eigenvalue weighted by Crippen LogP contribution is -2.32. The summed E-state index contributed by atoms with van der Waals surface area (Å²) in [7, 11) is 3.74. The van der Waals surface area contributed by atoms with Gasteiger partial charge < -0.3 is 14.7 Å². The standard InChI is InChI=1S/C16H26N2O2/c1-13(14-6-7-15(19)16(12-14)20-3)17(2)10-11-18-8-4-5-9-18/h6-7,12-13,19H,4-5,8-11H2,1-3H3. The summed E-state index contributed by atoms with van der Waals surface area (Å²) in [5.41, 5.74) is 1.17. The van der Waals surface area contributed by atoms with Gasteiger partial charge in [-0.1, -0.05) is 6.07 Å². The molecular weight excluding hydrogens is 252 g/mol. The number of hydrogen-bond acceptors (Lipinski definition) is 4. The predicted molar refractivity (Wildman–Crippen MR) is 81.4 cm³/mol. The highest BCUT2D eigenvalue weighted by Gasteiger charge is 2.16. The third kappa shape index (κ3) is 3.64. The lowest BCUT2D eigenvalue weighted by molar-refractivity contribution is 0.216. The van der Waals surface area contributed by atoms with Crippen LogP contribution < -0.4 is 4.74 Å². The van der Waals surface area contributed by atoms with Gasteiger partial charge in [-0.05, 0) is 57.6 Å². The summed E-state index contributed by atoms with van der Waals surface area (Å²) in [5.74, 6) is 0.741. The molecule has 1 unspecified atom stereocenters. The van der Waals surface area contributed by atoms with Crippen molar-refractivity contribution in [3.63, 3.8) is 0 Å². The fourth-order valence-corrected chi connectivity index (χ4v) is 2.71. The van der Waals surface area contributed by atoms with E-state index in [2.05, 4.69) is 23.8 Å². The van der Waals surface area contributed by atoms with E-state index in [1.807, 2.05) is 12.1 Å². The molecule has 4 heteroatoms. The molecule has 0 amide bonds. The van der Waals surface area contributed by atoms with Crippen LogP contribution in [0.4, 0.5) is 0 Å². The molecule has 0 aromatic heterocycles. The summed E-state index contributed by atoms with van der Waals surface area (Å²) < 4.78 is 5.18. The zero-order valence-corrected chi connectivity index (χ0v) is 12.8. The number of likely N-dealkylation sites (N-methyl/N-ethyl adjacent to an activating group) is 1. The average Bonchev–Trinajstić information content (AvgIpc) is 2.97. The Labute approximate surface area is 122 Å². The molecular formula is C16H26N2O2. The number of aromatic hydroxyl groups is 1. The van der Waals surface area contributed by atoms with E-state index in [9.17, 15) is 5.11 Å². The van der Waals surface area contributed by atoms with E-state index in [0.717, 1.165) is 13.1 Å². The molecule has 1 saturated heterocycles. The number of methoxy groups -OCH3 is 1. The molecule has 1 N–H and O–H groups in total. The van der Waals surface area contributed by atoms with Gasteiger partial charge in [0, 0.05) is 19.1 Å². The second-order valence-corrected chi connectivity index (χ2v) is 5.64. The molecule has 1 aliphatic rings. The average molecular weight is 278 g/mol. The van der Waals surface area contributed by atoms with Gasteiger partial charge in [0.2, 0.25) is 0 Å². The lowest BCUT2D eigenvalue weighted by Gasteiger charge is -2.27. The molecule has 0 aliphatic carbocycles. The Hall–Kier alpha value is -1.26. The zero-order chi connectivity index (χ0) is 14.5. The molecule has 1 aromatic carbocycles. The number of benzene rings is 1. The van der Waals surface area contributed by atoms with E-state index in [0.29, 0.717) is 11.8 Å². The van der Waals surface area contributed by atoms with E-state index in [-0.39, 0.29) is 5.75 Å². The molecule has 1 aromatic rings. The Morgan fingerprint density at radius 2 is 2.05 bits per heavy atom. The Bertz CT molecular complexity index is 430. The SMILES string of the molecule is COc1cc(C(C)N(C)CCN2CCCC2)ccc1O. The number of phenolic OH excluding ortho intramolecular Hbond substituents is 1. The first-order valence-corrected chi connectivity index (χ1v) is 7.41. The smallest absolute Gasteiger partial charge is 0.160 e. The minimum atomic E-state index is 0.197. The third-order valence-corrected chi connectivity index (χ3v) is 4.31. The topological polar surface area (TPSA) is 35.9 Å². The highest BCUT2D eigenvalue weighted by molar-refractivity contribution is 5.42. The van der Waals surface area contributed by atoms with Crippen molar-refractivity contribution in [1.29, 1.82) is 0 Å². The van der Waals surface area contributed by atoms with Gasteiger partial charge in [-0.15, -0.1) is 0 Å². The van der Waals surface area contributed by atoms with E-state index < -0.39 is 0 Å². The summed E-state index contributed by atoms with van der Waals surface area (Å²) >= 11 is 0. The van der Waals surface area contributed by atoms with Crippen LogP contribution in [-0.4, -0.2) is 55.2 Å². The molecule has 20 heavy (non-hydrogen) atoms. The summed E-state index contributed by atoms with van der Waals surface area (Å²) in [6.45, 7) is 6.88. The highest BCUT2D eigenvalue weighted by Crippen LogP contribution is 2.30. The summed E-state index contributed by atoms with van der Waals surface area (Å²) in [6.07, 6.45) is 2.68. The van der Waals surface area contributed by atoms with Crippen molar-refractivity contribution in [3.05, 3.63) is 23.8 Å². The fraction of sp³-hybridized carbons (Fsp3) is 0.625. The van der Waals surface area contributed by atoms with Crippen LogP contribution in [0.2, 0.25) is 0 Å². The minimum absolute atomic E-state index is 0.197. The van der Waals surface area contributed by atoms with Gasteiger partial charge in [-0.3, -0.25) is 4.90 Å². The van der Waals surface area contributed by atoms with Gasteiger partial charge in [-0.25, -0.2) is 0 Å².